The number of nitrogens with zero attached hydrogens (tertiary/aromatic N) is 1. The average Bonchev–Trinajstić information content (AvgIpc) is 2.25. The van der Waals surface area contributed by atoms with Gasteiger partial charge in [-0.1, -0.05) is 12.1 Å². The van der Waals surface area contributed by atoms with E-state index in [1.807, 2.05) is 19.1 Å². The molecule has 0 spiro atoms. The van der Waals surface area contributed by atoms with E-state index >= 15 is 0 Å². The standard InChI is InChI=1S/C11H13N3O/c1-8-4-3-5-10(9(8)6-12)14-7-11(15)13-2/h3-5,14H,7H2,1-2H3,(H,13,15). The minimum atomic E-state index is -0.111. The molecule has 0 aliphatic rings. The predicted octanol–water partition coefficient (Wildman–Crippen LogP) is 1.02. The monoisotopic (exact) mass is 203 g/mol. The van der Waals surface area contributed by atoms with Crippen LogP contribution in [-0.2, 0) is 4.79 Å². The first-order valence-corrected chi connectivity index (χ1v) is 4.63. The zero-order valence-corrected chi connectivity index (χ0v) is 8.79. The third kappa shape index (κ3) is 2.71. The van der Waals surface area contributed by atoms with Crippen LogP contribution in [0.2, 0.25) is 0 Å². The first-order valence-electron chi connectivity index (χ1n) is 4.63. The highest BCUT2D eigenvalue weighted by Crippen LogP contribution is 2.17. The van der Waals surface area contributed by atoms with Gasteiger partial charge < -0.3 is 10.6 Å². The van der Waals surface area contributed by atoms with Gasteiger partial charge in [-0.2, -0.15) is 5.26 Å². The summed E-state index contributed by atoms with van der Waals surface area (Å²) in [6.07, 6.45) is 0. The van der Waals surface area contributed by atoms with Crippen molar-refractivity contribution in [3.63, 3.8) is 0 Å². The van der Waals surface area contributed by atoms with Crippen LogP contribution >= 0.6 is 0 Å². The van der Waals surface area contributed by atoms with Gasteiger partial charge in [0.2, 0.25) is 5.91 Å². The van der Waals surface area contributed by atoms with Crippen LogP contribution in [0, 0.1) is 18.3 Å². The molecule has 0 fully saturated rings. The van der Waals surface area contributed by atoms with Gasteiger partial charge in [0.15, 0.2) is 0 Å². The van der Waals surface area contributed by atoms with Crippen LogP contribution in [0.15, 0.2) is 18.2 Å². The Kier molecular flexibility index (Phi) is 3.69. The summed E-state index contributed by atoms with van der Waals surface area (Å²) in [6, 6.07) is 7.61. The predicted molar refractivity (Wildman–Crippen MR) is 58.5 cm³/mol. The minimum absolute atomic E-state index is 0.111. The summed E-state index contributed by atoms with van der Waals surface area (Å²) in [6.45, 7) is 2.04. The summed E-state index contributed by atoms with van der Waals surface area (Å²) >= 11 is 0. The maximum Gasteiger partial charge on any atom is 0.239 e. The largest absolute Gasteiger partial charge is 0.375 e. The van der Waals surface area contributed by atoms with Gasteiger partial charge in [-0.05, 0) is 18.6 Å². The minimum Gasteiger partial charge on any atom is -0.375 e. The van der Waals surface area contributed by atoms with E-state index in [0.717, 1.165) is 5.56 Å². The zero-order chi connectivity index (χ0) is 11.3. The van der Waals surface area contributed by atoms with Gasteiger partial charge in [0.1, 0.15) is 6.07 Å². The number of hydrogen-bond donors (Lipinski definition) is 2. The highest BCUT2D eigenvalue weighted by atomic mass is 16.1. The fourth-order valence-corrected chi connectivity index (χ4v) is 1.23. The molecular formula is C11H13N3O. The molecule has 1 aromatic rings. The number of rotatable bonds is 3. The molecule has 0 heterocycles. The molecule has 4 heteroatoms. The van der Waals surface area contributed by atoms with Crippen LogP contribution in [0.4, 0.5) is 5.69 Å². The second kappa shape index (κ2) is 5.01. The molecule has 1 amide bonds. The third-order valence-corrected chi connectivity index (χ3v) is 2.10. The van der Waals surface area contributed by atoms with Crippen LogP contribution in [0.3, 0.4) is 0 Å². The number of carbonyl (C=O) groups excluding carboxylic acids is 1. The maximum absolute atomic E-state index is 11.0. The Morgan fingerprint density at radius 2 is 2.27 bits per heavy atom. The van der Waals surface area contributed by atoms with E-state index in [2.05, 4.69) is 16.7 Å². The van der Waals surface area contributed by atoms with Gasteiger partial charge in [-0.25, -0.2) is 0 Å². The van der Waals surface area contributed by atoms with E-state index in [9.17, 15) is 4.79 Å². The summed E-state index contributed by atoms with van der Waals surface area (Å²) in [4.78, 5) is 11.0. The van der Waals surface area contributed by atoms with Crippen LogP contribution in [0.1, 0.15) is 11.1 Å². The molecule has 0 radical (unpaired) electrons. The van der Waals surface area contributed by atoms with E-state index in [4.69, 9.17) is 5.26 Å². The lowest BCUT2D eigenvalue weighted by molar-refractivity contribution is -0.118. The van der Waals surface area contributed by atoms with Crippen molar-refractivity contribution in [2.75, 3.05) is 18.9 Å². The number of carbonyl (C=O) groups is 1. The second-order valence-corrected chi connectivity index (χ2v) is 3.14. The van der Waals surface area contributed by atoms with E-state index < -0.39 is 0 Å². The van der Waals surface area contributed by atoms with Gasteiger partial charge in [0, 0.05) is 7.05 Å². The fraction of sp³-hybridized carbons (Fsp3) is 0.273. The zero-order valence-electron chi connectivity index (χ0n) is 8.79. The number of nitrogens with one attached hydrogen (secondary N) is 2. The van der Waals surface area contributed by atoms with Crippen molar-refractivity contribution in [3.8, 4) is 6.07 Å². The van der Waals surface area contributed by atoms with Gasteiger partial charge in [-0.3, -0.25) is 4.79 Å². The molecule has 0 bridgehead atoms. The Balaban J connectivity index is 2.82. The lowest BCUT2D eigenvalue weighted by Crippen LogP contribution is -2.26. The van der Waals surface area contributed by atoms with Gasteiger partial charge in [0.05, 0.1) is 17.8 Å². The van der Waals surface area contributed by atoms with Crippen molar-refractivity contribution in [1.82, 2.24) is 5.32 Å². The molecule has 0 aliphatic heterocycles. The Bertz CT molecular complexity index is 407. The van der Waals surface area contributed by atoms with Crippen molar-refractivity contribution in [1.29, 1.82) is 5.26 Å². The summed E-state index contributed by atoms with van der Waals surface area (Å²) < 4.78 is 0. The number of nitriles is 1. The molecular weight excluding hydrogens is 190 g/mol. The molecule has 1 aromatic carbocycles. The number of benzene rings is 1. The molecule has 0 saturated heterocycles. The van der Waals surface area contributed by atoms with Crippen molar-refractivity contribution in [3.05, 3.63) is 29.3 Å². The average molecular weight is 203 g/mol. The third-order valence-electron chi connectivity index (χ3n) is 2.10. The van der Waals surface area contributed by atoms with E-state index in [0.29, 0.717) is 11.3 Å². The Hall–Kier alpha value is -2.02. The number of anilines is 1. The number of likely N-dealkylation sites (N-methyl/N-ethyl adjacent to an activating group) is 1. The van der Waals surface area contributed by atoms with E-state index in [-0.39, 0.29) is 12.5 Å². The molecule has 0 saturated carbocycles. The normalized spacial score (nSPS) is 9.13. The number of aryl methyl sites for hydroxylation is 1. The van der Waals surface area contributed by atoms with Crippen LogP contribution in [0.25, 0.3) is 0 Å². The number of amides is 1. The number of hydrogen-bond acceptors (Lipinski definition) is 3. The van der Waals surface area contributed by atoms with E-state index in [1.165, 1.54) is 0 Å². The lowest BCUT2D eigenvalue weighted by Gasteiger charge is -2.08. The smallest absolute Gasteiger partial charge is 0.239 e. The topological polar surface area (TPSA) is 64.9 Å². The Morgan fingerprint density at radius 3 is 2.87 bits per heavy atom. The first kappa shape index (κ1) is 11.1. The molecule has 4 nitrogen and oxygen atoms in total. The maximum atomic E-state index is 11.0. The summed E-state index contributed by atoms with van der Waals surface area (Å²) in [5.41, 5.74) is 2.18. The highest BCUT2D eigenvalue weighted by Gasteiger charge is 2.05. The summed E-state index contributed by atoms with van der Waals surface area (Å²) in [7, 11) is 1.57. The first-order chi connectivity index (χ1) is 7.19. The highest BCUT2D eigenvalue weighted by molar-refractivity contribution is 5.81. The van der Waals surface area contributed by atoms with Gasteiger partial charge in [0.25, 0.3) is 0 Å². The molecule has 0 aliphatic carbocycles. The van der Waals surface area contributed by atoms with Crippen LogP contribution < -0.4 is 10.6 Å². The molecule has 78 valence electrons. The summed E-state index contributed by atoms with van der Waals surface area (Å²) in [5.74, 6) is -0.111. The van der Waals surface area contributed by atoms with Crippen molar-refractivity contribution >= 4 is 11.6 Å². The SMILES string of the molecule is CNC(=O)CNc1cccc(C)c1C#N. The van der Waals surface area contributed by atoms with Crippen LogP contribution in [0.5, 0.6) is 0 Å². The lowest BCUT2D eigenvalue weighted by atomic mass is 10.1. The summed E-state index contributed by atoms with van der Waals surface area (Å²) in [5, 5.41) is 14.4. The van der Waals surface area contributed by atoms with E-state index in [1.54, 1.807) is 13.1 Å². The Labute approximate surface area is 88.9 Å². The van der Waals surface area contributed by atoms with Crippen LogP contribution in [-0.4, -0.2) is 19.5 Å². The molecule has 0 aromatic heterocycles. The molecule has 0 atom stereocenters. The Morgan fingerprint density at radius 1 is 1.53 bits per heavy atom. The molecule has 2 N–H and O–H groups in total. The molecule has 15 heavy (non-hydrogen) atoms. The van der Waals surface area contributed by atoms with Crippen molar-refractivity contribution in [2.45, 2.75) is 6.92 Å². The second-order valence-electron chi connectivity index (χ2n) is 3.14. The molecule has 1 rings (SSSR count). The van der Waals surface area contributed by atoms with Gasteiger partial charge >= 0.3 is 0 Å². The molecule has 0 unspecified atom stereocenters. The quantitative estimate of drug-likeness (QED) is 0.771. The van der Waals surface area contributed by atoms with Crippen molar-refractivity contribution < 1.29 is 4.79 Å². The fourth-order valence-electron chi connectivity index (χ4n) is 1.23. The van der Waals surface area contributed by atoms with Gasteiger partial charge in [-0.15, -0.1) is 0 Å². The van der Waals surface area contributed by atoms with Crippen molar-refractivity contribution in [2.24, 2.45) is 0 Å².